The monoisotopic (exact) mass is 447 g/mol. The van der Waals surface area contributed by atoms with Gasteiger partial charge in [0.15, 0.2) is 15.6 Å². The maximum Gasteiger partial charge on any atom is 0.185 e. The second-order valence-electron chi connectivity index (χ2n) is 8.05. The van der Waals surface area contributed by atoms with Gasteiger partial charge in [0.1, 0.15) is 15.0 Å². The van der Waals surface area contributed by atoms with Crippen LogP contribution in [0.2, 0.25) is 0 Å². The van der Waals surface area contributed by atoms with Gasteiger partial charge < -0.3 is 4.74 Å². The molecule has 2 aromatic heterocycles. The Hall–Kier alpha value is -2.03. The molecule has 5 nitrogen and oxygen atoms in total. The van der Waals surface area contributed by atoms with Crippen LogP contribution in [0.3, 0.4) is 0 Å². The normalized spacial score (nSPS) is 15.9. The molecule has 0 fully saturated rings. The van der Waals surface area contributed by atoms with E-state index in [-0.39, 0.29) is 15.4 Å². The standard InChI is InChI=1S/C21H21NO4S3/c1-21(2)9-14-17(16(23)10-21)20(29(4,24)25)28-18(14)19-22-15(11-27-19)12-5-7-13(26-3)8-6-12/h5-8,11H,9-10H2,1-4H3. The molecule has 152 valence electrons. The first-order valence-corrected chi connectivity index (χ1v) is 12.7. The van der Waals surface area contributed by atoms with Gasteiger partial charge in [-0.15, -0.1) is 22.7 Å². The van der Waals surface area contributed by atoms with Crippen LogP contribution in [0.15, 0.2) is 33.9 Å². The highest BCUT2D eigenvalue weighted by Crippen LogP contribution is 2.48. The fourth-order valence-corrected chi connectivity index (χ4v) is 7.14. The quantitative estimate of drug-likeness (QED) is 0.556. The lowest BCUT2D eigenvalue weighted by Gasteiger charge is -2.29. The van der Waals surface area contributed by atoms with Crippen molar-refractivity contribution in [2.24, 2.45) is 5.41 Å². The number of aromatic nitrogens is 1. The van der Waals surface area contributed by atoms with Crippen LogP contribution >= 0.6 is 22.7 Å². The summed E-state index contributed by atoms with van der Waals surface area (Å²) in [5, 5.41) is 2.71. The van der Waals surface area contributed by atoms with Crippen molar-refractivity contribution in [1.82, 2.24) is 4.98 Å². The fraction of sp³-hybridized carbons (Fsp3) is 0.333. The number of thiophene rings is 1. The lowest BCUT2D eigenvalue weighted by Crippen LogP contribution is -2.27. The largest absolute Gasteiger partial charge is 0.497 e. The van der Waals surface area contributed by atoms with E-state index in [1.807, 2.05) is 43.5 Å². The Morgan fingerprint density at radius 2 is 1.83 bits per heavy atom. The van der Waals surface area contributed by atoms with E-state index in [1.165, 1.54) is 28.9 Å². The van der Waals surface area contributed by atoms with Gasteiger partial charge in [-0.2, -0.15) is 0 Å². The van der Waals surface area contributed by atoms with E-state index in [0.717, 1.165) is 32.5 Å². The van der Waals surface area contributed by atoms with Crippen molar-refractivity contribution in [2.75, 3.05) is 13.4 Å². The van der Waals surface area contributed by atoms with E-state index in [1.54, 1.807) is 7.11 Å². The van der Waals surface area contributed by atoms with Gasteiger partial charge in [0.2, 0.25) is 0 Å². The van der Waals surface area contributed by atoms with E-state index < -0.39 is 9.84 Å². The maximum atomic E-state index is 12.8. The summed E-state index contributed by atoms with van der Waals surface area (Å²) in [6, 6.07) is 7.64. The molecule has 0 saturated carbocycles. The Balaban J connectivity index is 1.84. The molecule has 8 heteroatoms. The first-order valence-electron chi connectivity index (χ1n) is 9.08. The molecule has 1 aromatic carbocycles. The highest BCUT2D eigenvalue weighted by molar-refractivity contribution is 7.93. The average molecular weight is 448 g/mol. The number of hydrogen-bond donors (Lipinski definition) is 0. The molecule has 3 aromatic rings. The molecule has 29 heavy (non-hydrogen) atoms. The molecular formula is C21H21NO4S3. The van der Waals surface area contributed by atoms with Gasteiger partial charge in [-0.3, -0.25) is 4.79 Å². The number of methoxy groups -OCH3 is 1. The molecule has 4 rings (SSSR count). The summed E-state index contributed by atoms with van der Waals surface area (Å²) < 4.78 is 30.1. The Kier molecular flexibility index (Phi) is 4.91. The smallest absolute Gasteiger partial charge is 0.185 e. The van der Waals surface area contributed by atoms with E-state index in [4.69, 9.17) is 9.72 Å². The molecule has 0 amide bonds. The van der Waals surface area contributed by atoms with E-state index in [9.17, 15) is 13.2 Å². The molecule has 1 aliphatic carbocycles. The number of Topliss-reactive ketones (excluding diaryl/α,β-unsaturated/α-hetero) is 1. The maximum absolute atomic E-state index is 12.8. The summed E-state index contributed by atoms with van der Waals surface area (Å²) in [4.78, 5) is 18.4. The van der Waals surface area contributed by atoms with Crippen LogP contribution in [-0.2, 0) is 16.3 Å². The van der Waals surface area contributed by atoms with Gasteiger partial charge in [0.25, 0.3) is 0 Å². The number of thiazole rings is 1. The Bertz CT molecular complexity index is 1200. The Morgan fingerprint density at radius 3 is 2.45 bits per heavy atom. The number of ketones is 1. The summed E-state index contributed by atoms with van der Waals surface area (Å²) in [6.45, 7) is 4.08. The lowest BCUT2D eigenvalue weighted by molar-refractivity contribution is 0.0910. The van der Waals surface area contributed by atoms with Crippen molar-refractivity contribution >= 4 is 38.3 Å². The number of carbonyl (C=O) groups excluding carboxylic acids is 1. The summed E-state index contributed by atoms with van der Waals surface area (Å²) in [5.74, 6) is 0.682. The number of sulfone groups is 1. The van der Waals surface area contributed by atoms with Crippen molar-refractivity contribution in [3.63, 3.8) is 0 Å². The number of fused-ring (bicyclic) bond motifs is 1. The molecule has 0 saturated heterocycles. The van der Waals surface area contributed by atoms with Gasteiger partial charge in [-0.25, -0.2) is 13.4 Å². The number of carbonyl (C=O) groups is 1. The summed E-state index contributed by atoms with van der Waals surface area (Å²) >= 11 is 2.64. The lowest BCUT2D eigenvalue weighted by atomic mass is 9.74. The van der Waals surface area contributed by atoms with E-state index >= 15 is 0 Å². The summed E-state index contributed by atoms with van der Waals surface area (Å²) in [6.07, 6.45) is 2.18. The summed E-state index contributed by atoms with van der Waals surface area (Å²) in [5.41, 5.74) is 2.78. The van der Waals surface area contributed by atoms with Crippen molar-refractivity contribution in [3.05, 3.63) is 40.8 Å². The molecule has 0 spiro atoms. The van der Waals surface area contributed by atoms with Gasteiger partial charge in [-0.05, 0) is 41.7 Å². The van der Waals surface area contributed by atoms with Crippen molar-refractivity contribution in [2.45, 2.75) is 30.9 Å². The number of nitrogens with zero attached hydrogens (tertiary/aromatic N) is 1. The van der Waals surface area contributed by atoms with Crippen LogP contribution in [0.4, 0.5) is 0 Å². The first-order chi connectivity index (χ1) is 13.6. The molecule has 0 aliphatic heterocycles. The number of benzene rings is 1. The minimum absolute atomic E-state index is 0.0916. The molecule has 0 radical (unpaired) electrons. The Morgan fingerprint density at radius 1 is 1.14 bits per heavy atom. The van der Waals surface area contributed by atoms with Gasteiger partial charge in [-0.1, -0.05) is 13.8 Å². The van der Waals surface area contributed by atoms with Crippen LogP contribution in [-0.4, -0.2) is 32.6 Å². The zero-order valence-electron chi connectivity index (χ0n) is 16.6. The number of rotatable bonds is 4. The Labute approximate surface area is 178 Å². The molecular weight excluding hydrogens is 426 g/mol. The van der Waals surface area contributed by atoms with Gasteiger partial charge in [0, 0.05) is 23.6 Å². The van der Waals surface area contributed by atoms with Crippen LogP contribution in [0.1, 0.15) is 36.2 Å². The van der Waals surface area contributed by atoms with E-state index in [0.29, 0.717) is 18.4 Å². The minimum atomic E-state index is -3.49. The first kappa shape index (κ1) is 20.3. The third-order valence-electron chi connectivity index (χ3n) is 4.97. The minimum Gasteiger partial charge on any atom is -0.497 e. The van der Waals surface area contributed by atoms with Crippen LogP contribution in [0.25, 0.3) is 21.1 Å². The predicted molar refractivity (Wildman–Crippen MR) is 117 cm³/mol. The third-order valence-corrected chi connectivity index (χ3v) is 9.03. The van der Waals surface area contributed by atoms with Gasteiger partial charge >= 0.3 is 0 Å². The van der Waals surface area contributed by atoms with Gasteiger partial charge in [0.05, 0.1) is 23.2 Å². The average Bonchev–Trinajstić information content (AvgIpc) is 3.25. The molecule has 2 heterocycles. The summed E-state index contributed by atoms with van der Waals surface area (Å²) in [7, 11) is -1.87. The molecule has 0 atom stereocenters. The van der Waals surface area contributed by atoms with Crippen LogP contribution < -0.4 is 4.74 Å². The van der Waals surface area contributed by atoms with Crippen molar-refractivity contribution < 1.29 is 17.9 Å². The SMILES string of the molecule is COc1ccc(-c2csc(-c3sc(S(C)(=O)=O)c4c3CC(C)(C)CC4=O)n2)cc1. The van der Waals surface area contributed by atoms with Crippen LogP contribution in [0, 0.1) is 5.41 Å². The number of ether oxygens (including phenoxy) is 1. The second kappa shape index (κ2) is 7.04. The highest BCUT2D eigenvalue weighted by atomic mass is 32.2. The molecule has 0 bridgehead atoms. The van der Waals surface area contributed by atoms with E-state index in [2.05, 4.69) is 0 Å². The van der Waals surface area contributed by atoms with Crippen molar-refractivity contribution in [1.29, 1.82) is 0 Å². The number of hydrogen-bond acceptors (Lipinski definition) is 7. The molecule has 0 N–H and O–H groups in total. The molecule has 0 unspecified atom stereocenters. The second-order valence-corrected chi connectivity index (χ2v) is 12.1. The zero-order chi connectivity index (χ0) is 21.0. The zero-order valence-corrected chi connectivity index (χ0v) is 19.1. The van der Waals surface area contributed by atoms with Crippen molar-refractivity contribution in [3.8, 4) is 26.9 Å². The van der Waals surface area contributed by atoms with Crippen LogP contribution in [0.5, 0.6) is 5.75 Å². The third kappa shape index (κ3) is 3.76. The highest BCUT2D eigenvalue weighted by Gasteiger charge is 2.39. The topological polar surface area (TPSA) is 73.3 Å². The molecule has 1 aliphatic rings. The fourth-order valence-electron chi connectivity index (χ4n) is 3.66. The predicted octanol–water partition coefficient (Wildman–Crippen LogP) is 5.11.